The van der Waals surface area contributed by atoms with E-state index in [2.05, 4.69) is 16.0 Å². The lowest BCUT2D eigenvalue weighted by atomic mass is 9.62. The van der Waals surface area contributed by atoms with E-state index in [1.54, 1.807) is 35.6 Å². The maximum Gasteiger partial charge on any atom is 0.185 e. The Morgan fingerprint density at radius 3 is 2.06 bits per heavy atom. The minimum Gasteiger partial charge on any atom is -0.316 e. The summed E-state index contributed by atoms with van der Waals surface area (Å²) in [4.78, 5) is 5.75. The van der Waals surface area contributed by atoms with Gasteiger partial charge in [-0.05, 0) is 65.9 Å². The van der Waals surface area contributed by atoms with Gasteiger partial charge in [0.15, 0.2) is 4.80 Å². The first-order valence-corrected chi connectivity index (χ1v) is 12.7. The Bertz CT molecular complexity index is 1380. The number of halogens is 5. The molecule has 0 aliphatic heterocycles. The van der Waals surface area contributed by atoms with Crippen LogP contribution in [0, 0.1) is 11.6 Å². The molecule has 1 aromatic heterocycles. The van der Waals surface area contributed by atoms with Crippen LogP contribution in [0.2, 0.25) is 10.0 Å². The van der Waals surface area contributed by atoms with Gasteiger partial charge in [0.05, 0.1) is 23.1 Å². The molecule has 0 radical (unpaired) electrons. The summed E-state index contributed by atoms with van der Waals surface area (Å²) < 4.78 is 29.1. The number of hydrogen-bond acceptors (Lipinski definition) is 2. The Hall–Kier alpha value is -1.99. The maximum absolute atomic E-state index is 13.5. The summed E-state index contributed by atoms with van der Waals surface area (Å²) in [6, 6.07) is 18.9. The molecule has 0 saturated heterocycles. The Morgan fingerprint density at radius 2 is 1.49 bits per heavy atom. The van der Waals surface area contributed by atoms with Gasteiger partial charge in [0.1, 0.15) is 11.6 Å². The van der Waals surface area contributed by atoms with Crippen molar-refractivity contribution >= 4 is 51.5 Å². The third kappa shape index (κ3) is 5.41. The van der Waals surface area contributed by atoms with E-state index in [4.69, 9.17) is 28.2 Å². The Kier molecular flexibility index (Phi) is 8.16. The van der Waals surface area contributed by atoms with Gasteiger partial charge >= 0.3 is 0 Å². The SMILES string of the molecule is Br.Fc1ccc(CN=c2scc(C3(c4ccc(Cl)c(Cl)c4)CCC3)n2Cc2ccc(F)cc2)cc1. The van der Waals surface area contributed by atoms with Gasteiger partial charge in [0, 0.05) is 16.5 Å². The second-order valence-corrected chi connectivity index (χ2v) is 10.3. The molecule has 0 spiro atoms. The first-order valence-electron chi connectivity index (χ1n) is 11.1. The number of benzene rings is 3. The number of thiazole rings is 1. The summed E-state index contributed by atoms with van der Waals surface area (Å²) in [5.74, 6) is -0.520. The van der Waals surface area contributed by atoms with Gasteiger partial charge in [-0.25, -0.2) is 8.78 Å². The molecule has 0 bridgehead atoms. The molecule has 0 amide bonds. The molecule has 1 aliphatic carbocycles. The molecule has 1 saturated carbocycles. The van der Waals surface area contributed by atoms with Gasteiger partial charge in [0.25, 0.3) is 0 Å². The summed E-state index contributed by atoms with van der Waals surface area (Å²) in [5, 5.41) is 3.26. The molecule has 1 aliphatic rings. The first kappa shape index (κ1) is 26.1. The highest BCUT2D eigenvalue weighted by molar-refractivity contribution is 8.93. The molecule has 0 atom stereocenters. The molecule has 35 heavy (non-hydrogen) atoms. The van der Waals surface area contributed by atoms with E-state index in [9.17, 15) is 8.78 Å². The molecule has 5 rings (SSSR count). The fraction of sp³-hybridized carbons (Fsp3) is 0.222. The normalized spacial score (nSPS) is 14.9. The van der Waals surface area contributed by atoms with Crippen molar-refractivity contribution in [3.05, 3.63) is 121 Å². The lowest BCUT2D eigenvalue weighted by molar-refractivity contribution is 0.284. The van der Waals surface area contributed by atoms with E-state index >= 15 is 0 Å². The van der Waals surface area contributed by atoms with Crippen LogP contribution < -0.4 is 4.80 Å². The highest BCUT2D eigenvalue weighted by Gasteiger charge is 2.43. The fourth-order valence-electron chi connectivity index (χ4n) is 4.52. The van der Waals surface area contributed by atoms with Crippen molar-refractivity contribution in [1.82, 2.24) is 4.57 Å². The van der Waals surface area contributed by atoms with Crippen molar-refractivity contribution in [3.8, 4) is 0 Å². The van der Waals surface area contributed by atoms with Crippen molar-refractivity contribution in [3.63, 3.8) is 0 Å². The molecular weight excluding hydrogens is 573 g/mol. The standard InChI is InChI=1S/C27H22Cl2F2N2S.BrH/c28-23-11-6-20(14-24(23)29)27(12-1-13-27)25-17-34-26(32-15-18-2-7-21(30)8-3-18)33(25)16-19-4-9-22(31)10-5-19;/h2-11,14,17H,1,12-13,15-16H2;1H. The van der Waals surface area contributed by atoms with E-state index in [1.807, 2.05) is 12.1 Å². The molecule has 3 aromatic carbocycles. The van der Waals surface area contributed by atoms with E-state index in [0.29, 0.717) is 23.1 Å². The van der Waals surface area contributed by atoms with Gasteiger partial charge in [-0.2, -0.15) is 0 Å². The maximum atomic E-state index is 13.5. The number of nitrogens with zero attached hydrogens (tertiary/aromatic N) is 2. The van der Waals surface area contributed by atoms with E-state index in [-0.39, 0.29) is 34.0 Å². The van der Waals surface area contributed by atoms with Gasteiger partial charge < -0.3 is 4.57 Å². The minimum absolute atomic E-state index is 0. The topological polar surface area (TPSA) is 17.3 Å². The van der Waals surface area contributed by atoms with Gasteiger partial charge in [-0.15, -0.1) is 28.3 Å². The molecule has 182 valence electrons. The Balaban J connectivity index is 0.00000289. The molecule has 0 N–H and O–H groups in total. The van der Waals surface area contributed by atoms with Crippen LogP contribution in [-0.2, 0) is 18.5 Å². The largest absolute Gasteiger partial charge is 0.316 e. The van der Waals surface area contributed by atoms with Crippen molar-refractivity contribution in [2.75, 3.05) is 0 Å². The molecular formula is C27H23BrCl2F2N2S. The Morgan fingerprint density at radius 1 is 0.857 bits per heavy atom. The lowest BCUT2D eigenvalue weighted by Gasteiger charge is -2.43. The van der Waals surface area contributed by atoms with Gasteiger partial charge in [0.2, 0.25) is 0 Å². The smallest absolute Gasteiger partial charge is 0.185 e. The molecule has 0 unspecified atom stereocenters. The summed E-state index contributed by atoms with van der Waals surface area (Å²) in [5.41, 5.74) is 4.07. The van der Waals surface area contributed by atoms with Crippen molar-refractivity contribution in [2.24, 2.45) is 4.99 Å². The van der Waals surface area contributed by atoms with Crippen LogP contribution in [0.1, 0.15) is 41.6 Å². The lowest BCUT2D eigenvalue weighted by Crippen LogP contribution is -2.39. The van der Waals surface area contributed by atoms with Crippen LogP contribution in [-0.4, -0.2) is 4.57 Å². The molecule has 8 heteroatoms. The molecule has 1 heterocycles. The first-order chi connectivity index (χ1) is 16.4. The summed E-state index contributed by atoms with van der Waals surface area (Å²) in [6.45, 7) is 1.02. The number of hydrogen-bond donors (Lipinski definition) is 0. The predicted octanol–water partition coefficient (Wildman–Crippen LogP) is 8.33. The van der Waals surface area contributed by atoms with Crippen molar-refractivity contribution < 1.29 is 8.78 Å². The van der Waals surface area contributed by atoms with Crippen molar-refractivity contribution in [2.45, 2.75) is 37.8 Å². The minimum atomic E-state index is -0.262. The third-order valence-corrected chi connectivity index (χ3v) is 8.17. The zero-order chi connectivity index (χ0) is 23.7. The van der Waals surface area contributed by atoms with Crippen LogP contribution in [0.15, 0.2) is 77.1 Å². The second-order valence-electron chi connectivity index (χ2n) is 8.62. The Labute approximate surface area is 227 Å². The summed E-state index contributed by atoms with van der Waals surface area (Å²) in [6.07, 6.45) is 3.12. The second kappa shape index (κ2) is 11.0. The average Bonchev–Trinajstić information content (AvgIpc) is 3.19. The van der Waals surface area contributed by atoms with Gasteiger partial charge in [-0.1, -0.05) is 60.0 Å². The van der Waals surface area contributed by atoms with Crippen LogP contribution >= 0.6 is 51.5 Å². The van der Waals surface area contributed by atoms with E-state index < -0.39 is 0 Å². The zero-order valence-corrected chi connectivity index (χ0v) is 22.7. The summed E-state index contributed by atoms with van der Waals surface area (Å²) >= 11 is 14.2. The summed E-state index contributed by atoms with van der Waals surface area (Å²) in [7, 11) is 0. The van der Waals surface area contributed by atoms with Crippen LogP contribution in [0.3, 0.4) is 0 Å². The van der Waals surface area contributed by atoms with Crippen LogP contribution in [0.4, 0.5) is 8.78 Å². The zero-order valence-electron chi connectivity index (χ0n) is 18.7. The third-order valence-electron chi connectivity index (χ3n) is 6.53. The highest BCUT2D eigenvalue weighted by Crippen LogP contribution is 2.50. The fourth-order valence-corrected chi connectivity index (χ4v) is 5.82. The van der Waals surface area contributed by atoms with Crippen LogP contribution in [0.25, 0.3) is 0 Å². The monoisotopic (exact) mass is 594 g/mol. The van der Waals surface area contributed by atoms with Crippen LogP contribution in [0.5, 0.6) is 0 Å². The van der Waals surface area contributed by atoms with E-state index in [0.717, 1.165) is 40.8 Å². The molecule has 1 fully saturated rings. The van der Waals surface area contributed by atoms with Crippen molar-refractivity contribution in [1.29, 1.82) is 0 Å². The predicted molar refractivity (Wildman–Crippen MR) is 145 cm³/mol. The number of aromatic nitrogens is 1. The highest BCUT2D eigenvalue weighted by atomic mass is 79.9. The van der Waals surface area contributed by atoms with E-state index in [1.165, 1.54) is 30.0 Å². The van der Waals surface area contributed by atoms with Gasteiger partial charge in [-0.3, -0.25) is 4.99 Å². The quantitative estimate of drug-likeness (QED) is 0.213. The molecule has 2 nitrogen and oxygen atoms in total. The number of rotatable bonds is 6. The average molecular weight is 596 g/mol. The molecule has 4 aromatic rings.